The lowest BCUT2D eigenvalue weighted by molar-refractivity contribution is 0.618. The van der Waals surface area contributed by atoms with Crippen molar-refractivity contribution >= 4 is 10.9 Å². The summed E-state index contributed by atoms with van der Waals surface area (Å²) in [5, 5.41) is 8.95. The molecule has 0 radical (unpaired) electrons. The van der Waals surface area contributed by atoms with Crippen molar-refractivity contribution in [1.82, 2.24) is 15.1 Å². The lowest BCUT2D eigenvalue weighted by atomic mass is 10.1. The SMILES string of the molecule is CNCc1nn(Cc2cc(F)ccc2C)c2ccccc12. The highest BCUT2D eigenvalue weighted by atomic mass is 19.1. The number of fused-ring (bicyclic) bond motifs is 1. The molecule has 3 aromatic rings. The quantitative estimate of drug-likeness (QED) is 0.796. The third-order valence-electron chi connectivity index (χ3n) is 3.71. The number of nitrogens with zero attached hydrogens (tertiary/aromatic N) is 2. The van der Waals surface area contributed by atoms with Crippen molar-refractivity contribution in [2.75, 3.05) is 7.05 Å². The molecule has 0 aliphatic carbocycles. The molecule has 0 aliphatic heterocycles. The summed E-state index contributed by atoms with van der Waals surface area (Å²) in [5.74, 6) is -0.206. The molecule has 0 saturated heterocycles. The molecule has 0 spiro atoms. The Hall–Kier alpha value is -2.20. The number of para-hydroxylation sites is 1. The molecular formula is C17H18FN3. The van der Waals surface area contributed by atoms with Gasteiger partial charge in [-0.15, -0.1) is 0 Å². The topological polar surface area (TPSA) is 29.9 Å². The summed E-state index contributed by atoms with van der Waals surface area (Å²) >= 11 is 0. The zero-order valence-corrected chi connectivity index (χ0v) is 12.2. The minimum Gasteiger partial charge on any atom is -0.314 e. The molecule has 1 heterocycles. The van der Waals surface area contributed by atoms with Gasteiger partial charge in [-0.25, -0.2) is 4.39 Å². The van der Waals surface area contributed by atoms with E-state index in [0.717, 1.165) is 34.3 Å². The van der Waals surface area contributed by atoms with Crippen LogP contribution in [0.4, 0.5) is 4.39 Å². The van der Waals surface area contributed by atoms with Crippen molar-refractivity contribution < 1.29 is 4.39 Å². The third-order valence-corrected chi connectivity index (χ3v) is 3.71. The number of aromatic nitrogens is 2. The average Bonchev–Trinajstić information content (AvgIpc) is 2.82. The molecule has 108 valence electrons. The van der Waals surface area contributed by atoms with E-state index in [4.69, 9.17) is 0 Å². The standard InChI is InChI=1S/C17H18FN3/c1-12-7-8-14(18)9-13(12)11-21-17-6-4-3-5-15(17)16(20-21)10-19-2/h3-9,19H,10-11H2,1-2H3. The molecule has 2 aromatic carbocycles. The number of aryl methyl sites for hydroxylation is 1. The zero-order valence-electron chi connectivity index (χ0n) is 12.2. The van der Waals surface area contributed by atoms with Crippen molar-refractivity contribution in [2.45, 2.75) is 20.0 Å². The summed E-state index contributed by atoms with van der Waals surface area (Å²) in [6.07, 6.45) is 0. The highest BCUT2D eigenvalue weighted by Gasteiger charge is 2.10. The van der Waals surface area contributed by atoms with Crippen LogP contribution in [-0.2, 0) is 13.1 Å². The van der Waals surface area contributed by atoms with Gasteiger partial charge in [0, 0.05) is 11.9 Å². The maximum absolute atomic E-state index is 13.5. The Bertz CT molecular complexity index is 777. The highest BCUT2D eigenvalue weighted by molar-refractivity contribution is 5.82. The Morgan fingerprint density at radius 1 is 1.19 bits per heavy atom. The molecule has 0 atom stereocenters. The minimum absolute atomic E-state index is 0.206. The molecular weight excluding hydrogens is 265 g/mol. The number of hydrogen-bond acceptors (Lipinski definition) is 2. The number of rotatable bonds is 4. The minimum atomic E-state index is -0.206. The van der Waals surface area contributed by atoms with E-state index in [0.29, 0.717) is 6.54 Å². The van der Waals surface area contributed by atoms with Gasteiger partial charge in [-0.05, 0) is 43.3 Å². The second-order valence-corrected chi connectivity index (χ2v) is 5.22. The van der Waals surface area contributed by atoms with Crippen molar-refractivity contribution in [1.29, 1.82) is 0 Å². The van der Waals surface area contributed by atoms with Gasteiger partial charge in [-0.3, -0.25) is 4.68 Å². The fraction of sp³-hybridized carbons (Fsp3) is 0.235. The van der Waals surface area contributed by atoms with Crippen LogP contribution < -0.4 is 5.32 Å². The summed E-state index contributed by atoms with van der Waals surface area (Å²) in [6.45, 7) is 3.29. The van der Waals surface area contributed by atoms with Crippen LogP contribution in [0, 0.1) is 12.7 Å². The molecule has 3 rings (SSSR count). The molecule has 0 unspecified atom stereocenters. The normalized spacial score (nSPS) is 11.2. The van der Waals surface area contributed by atoms with Crippen molar-refractivity contribution in [3.63, 3.8) is 0 Å². The maximum atomic E-state index is 13.5. The maximum Gasteiger partial charge on any atom is 0.123 e. The molecule has 3 nitrogen and oxygen atoms in total. The van der Waals surface area contributed by atoms with Crippen LogP contribution in [0.1, 0.15) is 16.8 Å². The summed E-state index contributed by atoms with van der Waals surface area (Å²) < 4.78 is 15.4. The predicted octanol–water partition coefficient (Wildman–Crippen LogP) is 3.25. The van der Waals surface area contributed by atoms with Crippen molar-refractivity contribution in [3.05, 3.63) is 65.1 Å². The van der Waals surface area contributed by atoms with Crippen molar-refractivity contribution in [2.24, 2.45) is 0 Å². The Kier molecular flexibility index (Phi) is 3.71. The van der Waals surface area contributed by atoms with E-state index in [2.05, 4.69) is 22.5 Å². The van der Waals surface area contributed by atoms with Gasteiger partial charge in [0.1, 0.15) is 5.82 Å². The van der Waals surface area contributed by atoms with Gasteiger partial charge in [0.25, 0.3) is 0 Å². The van der Waals surface area contributed by atoms with Gasteiger partial charge in [-0.2, -0.15) is 5.10 Å². The van der Waals surface area contributed by atoms with Gasteiger partial charge in [0.2, 0.25) is 0 Å². The Morgan fingerprint density at radius 3 is 2.81 bits per heavy atom. The number of halogens is 1. The van der Waals surface area contributed by atoms with Crippen LogP contribution in [0.15, 0.2) is 42.5 Å². The van der Waals surface area contributed by atoms with Gasteiger partial charge < -0.3 is 5.32 Å². The first-order chi connectivity index (χ1) is 10.2. The fourth-order valence-electron chi connectivity index (χ4n) is 2.59. The second-order valence-electron chi connectivity index (χ2n) is 5.22. The number of benzene rings is 2. The lowest BCUT2D eigenvalue weighted by Crippen LogP contribution is -2.08. The van der Waals surface area contributed by atoms with E-state index in [9.17, 15) is 4.39 Å². The van der Waals surface area contributed by atoms with Crippen LogP contribution in [0.2, 0.25) is 0 Å². The Labute approximate surface area is 123 Å². The van der Waals surface area contributed by atoms with E-state index < -0.39 is 0 Å². The molecule has 4 heteroatoms. The summed E-state index contributed by atoms with van der Waals surface area (Å²) in [7, 11) is 1.91. The monoisotopic (exact) mass is 283 g/mol. The molecule has 0 fully saturated rings. The van der Waals surface area contributed by atoms with E-state index in [-0.39, 0.29) is 5.82 Å². The Morgan fingerprint density at radius 2 is 2.00 bits per heavy atom. The first kappa shape index (κ1) is 13.8. The molecule has 0 saturated carbocycles. The van der Waals surface area contributed by atoms with Gasteiger partial charge in [-0.1, -0.05) is 24.3 Å². The van der Waals surface area contributed by atoms with E-state index in [1.807, 2.05) is 36.9 Å². The largest absolute Gasteiger partial charge is 0.314 e. The highest BCUT2D eigenvalue weighted by Crippen LogP contribution is 2.20. The lowest BCUT2D eigenvalue weighted by Gasteiger charge is -2.07. The molecule has 0 bridgehead atoms. The van der Waals surface area contributed by atoms with Crippen LogP contribution >= 0.6 is 0 Å². The number of hydrogen-bond donors (Lipinski definition) is 1. The molecule has 0 amide bonds. The third kappa shape index (κ3) is 2.67. The second kappa shape index (κ2) is 5.66. The van der Waals surface area contributed by atoms with Gasteiger partial charge in [0.15, 0.2) is 0 Å². The van der Waals surface area contributed by atoms with Crippen LogP contribution in [0.3, 0.4) is 0 Å². The van der Waals surface area contributed by atoms with Crippen molar-refractivity contribution in [3.8, 4) is 0 Å². The predicted molar refractivity (Wildman–Crippen MR) is 82.7 cm³/mol. The number of nitrogens with one attached hydrogen (secondary N) is 1. The van der Waals surface area contributed by atoms with Crippen LogP contribution in [0.5, 0.6) is 0 Å². The smallest absolute Gasteiger partial charge is 0.123 e. The first-order valence-electron chi connectivity index (χ1n) is 7.03. The molecule has 0 aliphatic rings. The van der Waals surface area contributed by atoms with Gasteiger partial charge in [0.05, 0.1) is 17.8 Å². The first-order valence-corrected chi connectivity index (χ1v) is 7.03. The zero-order chi connectivity index (χ0) is 14.8. The summed E-state index contributed by atoms with van der Waals surface area (Å²) in [4.78, 5) is 0. The van der Waals surface area contributed by atoms with E-state index in [1.54, 1.807) is 6.07 Å². The van der Waals surface area contributed by atoms with Gasteiger partial charge >= 0.3 is 0 Å². The van der Waals surface area contributed by atoms with Crippen LogP contribution in [0.25, 0.3) is 10.9 Å². The van der Waals surface area contributed by atoms with E-state index >= 15 is 0 Å². The van der Waals surface area contributed by atoms with Crippen LogP contribution in [-0.4, -0.2) is 16.8 Å². The van der Waals surface area contributed by atoms with E-state index in [1.165, 1.54) is 6.07 Å². The summed E-state index contributed by atoms with van der Waals surface area (Å²) in [5.41, 5.74) is 4.12. The summed E-state index contributed by atoms with van der Waals surface area (Å²) in [6, 6.07) is 13.0. The molecule has 21 heavy (non-hydrogen) atoms. The Balaban J connectivity index is 2.06. The average molecular weight is 283 g/mol. The molecule has 1 N–H and O–H groups in total. The molecule has 1 aromatic heterocycles. The fourth-order valence-corrected chi connectivity index (χ4v) is 2.59.